The van der Waals surface area contributed by atoms with E-state index in [2.05, 4.69) is 63.2 Å². The van der Waals surface area contributed by atoms with Crippen molar-refractivity contribution < 1.29 is 0 Å². The summed E-state index contributed by atoms with van der Waals surface area (Å²) >= 11 is 0. The molecule has 1 aromatic rings. The van der Waals surface area contributed by atoms with Crippen LogP contribution in [0.2, 0.25) is 0 Å². The van der Waals surface area contributed by atoms with E-state index < -0.39 is 0 Å². The standard InChI is InChI=1S/C14H22N2/c1-9(2)12-7-6-8-13-14(12)15-10(3)11(4)16(13)5/h6-11,15H,1-5H3. The van der Waals surface area contributed by atoms with E-state index in [4.69, 9.17) is 0 Å². The van der Waals surface area contributed by atoms with Crippen LogP contribution in [0.4, 0.5) is 11.4 Å². The van der Waals surface area contributed by atoms with Crippen LogP contribution in [-0.2, 0) is 0 Å². The Morgan fingerprint density at radius 1 is 1.25 bits per heavy atom. The number of nitrogens with zero attached hydrogens (tertiary/aromatic N) is 1. The maximum atomic E-state index is 3.65. The third kappa shape index (κ3) is 1.66. The lowest BCUT2D eigenvalue weighted by atomic mass is 9.95. The number of rotatable bonds is 1. The van der Waals surface area contributed by atoms with Crippen LogP contribution in [0.25, 0.3) is 0 Å². The molecular formula is C14H22N2. The largest absolute Gasteiger partial charge is 0.379 e. The number of likely N-dealkylation sites (N-methyl/N-ethyl adjacent to an activating group) is 1. The van der Waals surface area contributed by atoms with Crippen molar-refractivity contribution in [3.63, 3.8) is 0 Å². The molecule has 2 heteroatoms. The Balaban J connectivity index is 2.51. The lowest BCUT2D eigenvalue weighted by Crippen LogP contribution is -2.46. The van der Waals surface area contributed by atoms with Gasteiger partial charge in [0, 0.05) is 19.1 Å². The van der Waals surface area contributed by atoms with Gasteiger partial charge in [-0.1, -0.05) is 26.0 Å². The van der Waals surface area contributed by atoms with Crippen LogP contribution in [-0.4, -0.2) is 19.1 Å². The van der Waals surface area contributed by atoms with Gasteiger partial charge in [0.2, 0.25) is 0 Å². The molecule has 0 fully saturated rings. The topological polar surface area (TPSA) is 15.3 Å². The minimum atomic E-state index is 0.498. The van der Waals surface area contributed by atoms with Crippen molar-refractivity contribution in [3.05, 3.63) is 23.8 Å². The number of hydrogen-bond acceptors (Lipinski definition) is 2. The summed E-state index contributed by atoms with van der Waals surface area (Å²) in [5.41, 5.74) is 4.07. The maximum Gasteiger partial charge on any atom is 0.0616 e. The molecule has 0 aromatic heterocycles. The van der Waals surface area contributed by atoms with E-state index in [0.717, 1.165) is 0 Å². The average Bonchev–Trinajstić information content (AvgIpc) is 2.25. The molecule has 2 unspecified atom stereocenters. The van der Waals surface area contributed by atoms with Crippen molar-refractivity contribution >= 4 is 11.4 Å². The molecule has 88 valence electrons. The highest BCUT2D eigenvalue weighted by Gasteiger charge is 2.27. The predicted octanol–water partition coefficient (Wildman–Crippen LogP) is 3.45. The quantitative estimate of drug-likeness (QED) is 0.776. The van der Waals surface area contributed by atoms with Gasteiger partial charge < -0.3 is 10.2 Å². The predicted molar refractivity (Wildman–Crippen MR) is 71.5 cm³/mol. The first-order chi connectivity index (χ1) is 7.52. The lowest BCUT2D eigenvalue weighted by Gasteiger charge is -2.40. The second kappa shape index (κ2) is 4.00. The summed E-state index contributed by atoms with van der Waals surface area (Å²) in [7, 11) is 2.19. The van der Waals surface area contributed by atoms with Gasteiger partial charge in [0.05, 0.1) is 11.4 Å². The number of fused-ring (bicyclic) bond motifs is 1. The normalized spacial score (nSPS) is 24.2. The second-order valence-electron chi connectivity index (χ2n) is 5.18. The fourth-order valence-corrected chi connectivity index (χ4v) is 2.39. The Morgan fingerprint density at radius 3 is 2.56 bits per heavy atom. The summed E-state index contributed by atoms with van der Waals surface area (Å²) in [5.74, 6) is 0.566. The zero-order valence-electron chi connectivity index (χ0n) is 10.9. The first-order valence-corrected chi connectivity index (χ1v) is 6.14. The summed E-state index contributed by atoms with van der Waals surface area (Å²) in [6.45, 7) is 9.02. The Morgan fingerprint density at radius 2 is 1.94 bits per heavy atom. The van der Waals surface area contributed by atoms with Crippen molar-refractivity contribution in [2.45, 2.75) is 45.7 Å². The minimum absolute atomic E-state index is 0.498. The van der Waals surface area contributed by atoms with E-state index in [-0.39, 0.29) is 0 Å². The highest BCUT2D eigenvalue weighted by atomic mass is 15.2. The molecule has 0 radical (unpaired) electrons. The third-order valence-electron chi connectivity index (χ3n) is 3.78. The SMILES string of the molecule is CC(C)c1cccc2c1NC(C)C(C)N2C. The lowest BCUT2D eigenvalue weighted by molar-refractivity contribution is 0.585. The highest BCUT2D eigenvalue weighted by Crippen LogP contribution is 2.38. The van der Waals surface area contributed by atoms with E-state index in [0.29, 0.717) is 18.0 Å². The first kappa shape index (κ1) is 11.3. The Labute approximate surface area is 98.7 Å². The fourth-order valence-electron chi connectivity index (χ4n) is 2.39. The van der Waals surface area contributed by atoms with Crippen molar-refractivity contribution in [1.82, 2.24) is 0 Å². The molecule has 0 saturated heterocycles. The molecule has 2 rings (SSSR count). The van der Waals surface area contributed by atoms with Gasteiger partial charge in [-0.25, -0.2) is 0 Å². The van der Waals surface area contributed by atoms with Crippen LogP contribution < -0.4 is 10.2 Å². The molecule has 1 N–H and O–H groups in total. The van der Waals surface area contributed by atoms with Crippen LogP contribution in [0.1, 0.15) is 39.2 Å². The molecule has 1 aliphatic rings. The summed E-state index contributed by atoms with van der Waals surface area (Å²) < 4.78 is 0. The van der Waals surface area contributed by atoms with Crippen molar-refractivity contribution in [2.75, 3.05) is 17.3 Å². The molecule has 0 aliphatic carbocycles. The van der Waals surface area contributed by atoms with Gasteiger partial charge in [0.1, 0.15) is 0 Å². The summed E-state index contributed by atoms with van der Waals surface area (Å²) in [5, 5.41) is 3.65. The Hall–Kier alpha value is -1.18. The molecule has 0 spiro atoms. The van der Waals surface area contributed by atoms with Gasteiger partial charge in [-0.15, -0.1) is 0 Å². The molecule has 2 atom stereocenters. The van der Waals surface area contributed by atoms with E-state index in [9.17, 15) is 0 Å². The fraction of sp³-hybridized carbons (Fsp3) is 0.571. The average molecular weight is 218 g/mol. The van der Waals surface area contributed by atoms with E-state index >= 15 is 0 Å². The van der Waals surface area contributed by atoms with Crippen molar-refractivity contribution in [3.8, 4) is 0 Å². The van der Waals surface area contributed by atoms with Crippen LogP contribution in [0.5, 0.6) is 0 Å². The first-order valence-electron chi connectivity index (χ1n) is 6.14. The Bertz CT molecular complexity index is 384. The van der Waals surface area contributed by atoms with Crippen LogP contribution in [0.15, 0.2) is 18.2 Å². The van der Waals surface area contributed by atoms with Gasteiger partial charge in [-0.3, -0.25) is 0 Å². The molecule has 1 aliphatic heterocycles. The molecule has 1 aromatic carbocycles. The molecule has 0 amide bonds. The number of para-hydroxylation sites is 1. The molecular weight excluding hydrogens is 196 g/mol. The molecule has 0 saturated carbocycles. The number of hydrogen-bond donors (Lipinski definition) is 1. The smallest absolute Gasteiger partial charge is 0.0616 e. The molecule has 16 heavy (non-hydrogen) atoms. The van der Waals surface area contributed by atoms with Crippen molar-refractivity contribution in [2.24, 2.45) is 0 Å². The molecule has 0 bridgehead atoms. The zero-order chi connectivity index (χ0) is 11.9. The van der Waals surface area contributed by atoms with Gasteiger partial charge in [-0.05, 0) is 31.4 Å². The molecule has 2 nitrogen and oxygen atoms in total. The maximum absolute atomic E-state index is 3.65. The van der Waals surface area contributed by atoms with E-state index in [1.54, 1.807) is 0 Å². The van der Waals surface area contributed by atoms with Gasteiger partial charge in [-0.2, -0.15) is 0 Å². The number of anilines is 2. The molecule has 1 heterocycles. The van der Waals surface area contributed by atoms with E-state index in [1.807, 2.05) is 0 Å². The monoisotopic (exact) mass is 218 g/mol. The Kier molecular flexibility index (Phi) is 2.83. The minimum Gasteiger partial charge on any atom is -0.379 e. The number of benzene rings is 1. The summed E-state index contributed by atoms with van der Waals surface area (Å²) in [6.07, 6.45) is 0. The van der Waals surface area contributed by atoms with E-state index in [1.165, 1.54) is 16.9 Å². The van der Waals surface area contributed by atoms with Gasteiger partial charge >= 0.3 is 0 Å². The number of nitrogens with one attached hydrogen (secondary N) is 1. The third-order valence-corrected chi connectivity index (χ3v) is 3.78. The van der Waals surface area contributed by atoms with Crippen molar-refractivity contribution in [1.29, 1.82) is 0 Å². The van der Waals surface area contributed by atoms with Crippen LogP contribution in [0.3, 0.4) is 0 Å². The van der Waals surface area contributed by atoms with Crippen LogP contribution in [0, 0.1) is 0 Å². The second-order valence-corrected chi connectivity index (χ2v) is 5.18. The zero-order valence-corrected chi connectivity index (χ0v) is 10.9. The summed E-state index contributed by atoms with van der Waals surface area (Å²) in [4.78, 5) is 2.38. The highest BCUT2D eigenvalue weighted by molar-refractivity contribution is 5.77. The summed E-state index contributed by atoms with van der Waals surface area (Å²) in [6, 6.07) is 7.63. The van der Waals surface area contributed by atoms with Crippen LogP contribution >= 0.6 is 0 Å². The van der Waals surface area contributed by atoms with Gasteiger partial charge in [0.25, 0.3) is 0 Å². The van der Waals surface area contributed by atoms with Gasteiger partial charge in [0.15, 0.2) is 0 Å².